The summed E-state index contributed by atoms with van der Waals surface area (Å²) in [4.78, 5) is 12.4. The van der Waals surface area contributed by atoms with Crippen molar-refractivity contribution < 1.29 is 22.7 Å². The van der Waals surface area contributed by atoms with Gasteiger partial charge in [-0.25, -0.2) is 0 Å². The highest BCUT2D eigenvalue weighted by Gasteiger charge is 2.29. The maximum atomic E-state index is 12.6. The second-order valence-corrected chi connectivity index (χ2v) is 7.35. The summed E-state index contributed by atoms with van der Waals surface area (Å²) >= 11 is 0. The number of benzene rings is 3. The standard InChI is InChI=1S/C25H20F3N3O2/c1-33-21-4-2-3-19(13-21)23-14-22(30-31-23)17-7-9-18(10-8-17)24(32)29-15-16-5-11-20(12-6-16)25(26,27)28/h2-14H,15H2,1H3,(H,29,32)(H,30,31). The average Bonchev–Trinajstić information content (AvgIpc) is 3.33. The van der Waals surface area contributed by atoms with Crippen LogP contribution in [-0.2, 0) is 12.7 Å². The van der Waals surface area contributed by atoms with E-state index in [1.807, 2.05) is 30.3 Å². The molecule has 1 heterocycles. The minimum Gasteiger partial charge on any atom is -0.497 e. The third-order valence-corrected chi connectivity index (χ3v) is 5.14. The lowest BCUT2D eigenvalue weighted by Crippen LogP contribution is -2.22. The summed E-state index contributed by atoms with van der Waals surface area (Å²) in [6, 6.07) is 21.2. The van der Waals surface area contributed by atoms with E-state index in [0.29, 0.717) is 11.1 Å². The molecule has 0 aliphatic heterocycles. The maximum Gasteiger partial charge on any atom is 0.416 e. The molecule has 0 bridgehead atoms. The Labute approximate surface area is 188 Å². The van der Waals surface area contributed by atoms with Gasteiger partial charge in [0.05, 0.1) is 24.1 Å². The molecule has 168 valence electrons. The summed E-state index contributed by atoms with van der Waals surface area (Å²) < 4.78 is 43.2. The van der Waals surface area contributed by atoms with Crippen LogP contribution in [0.4, 0.5) is 13.2 Å². The number of hydrogen-bond donors (Lipinski definition) is 2. The summed E-state index contributed by atoms with van der Waals surface area (Å²) in [5.41, 5.74) is 3.63. The monoisotopic (exact) mass is 451 g/mol. The number of aromatic nitrogens is 2. The Morgan fingerprint density at radius 3 is 2.36 bits per heavy atom. The molecule has 1 aromatic heterocycles. The highest BCUT2D eigenvalue weighted by atomic mass is 19.4. The zero-order chi connectivity index (χ0) is 23.4. The zero-order valence-electron chi connectivity index (χ0n) is 17.6. The summed E-state index contributed by atoms with van der Waals surface area (Å²) in [7, 11) is 1.61. The number of aromatic amines is 1. The zero-order valence-corrected chi connectivity index (χ0v) is 17.6. The number of H-pyrrole nitrogens is 1. The molecule has 8 heteroatoms. The largest absolute Gasteiger partial charge is 0.497 e. The predicted octanol–water partition coefficient (Wildman–Crippen LogP) is 5.70. The maximum absolute atomic E-state index is 12.6. The van der Waals surface area contributed by atoms with E-state index in [0.717, 1.165) is 40.4 Å². The minimum absolute atomic E-state index is 0.128. The van der Waals surface area contributed by atoms with Gasteiger partial charge >= 0.3 is 6.18 Å². The molecule has 3 aromatic carbocycles. The van der Waals surface area contributed by atoms with Gasteiger partial charge in [0.2, 0.25) is 0 Å². The van der Waals surface area contributed by atoms with Gasteiger partial charge in [-0.15, -0.1) is 0 Å². The van der Waals surface area contributed by atoms with Crippen LogP contribution in [0.5, 0.6) is 5.75 Å². The molecule has 0 saturated heterocycles. The van der Waals surface area contributed by atoms with Crippen molar-refractivity contribution in [1.29, 1.82) is 0 Å². The van der Waals surface area contributed by atoms with Gasteiger partial charge in [-0.1, -0.05) is 36.4 Å². The molecule has 0 atom stereocenters. The van der Waals surface area contributed by atoms with E-state index in [1.165, 1.54) is 12.1 Å². The summed E-state index contributed by atoms with van der Waals surface area (Å²) in [6.45, 7) is 0.128. The second-order valence-electron chi connectivity index (χ2n) is 7.35. The van der Waals surface area contributed by atoms with Crippen LogP contribution in [0.3, 0.4) is 0 Å². The number of carbonyl (C=O) groups is 1. The van der Waals surface area contributed by atoms with Crippen molar-refractivity contribution in [2.75, 3.05) is 7.11 Å². The number of nitrogens with zero attached hydrogens (tertiary/aromatic N) is 1. The van der Waals surface area contributed by atoms with Crippen molar-refractivity contribution in [3.63, 3.8) is 0 Å². The van der Waals surface area contributed by atoms with Crippen molar-refractivity contribution in [3.8, 4) is 28.3 Å². The molecular formula is C25H20F3N3O2. The average molecular weight is 451 g/mol. The van der Waals surface area contributed by atoms with Crippen molar-refractivity contribution in [2.24, 2.45) is 0 Å². The van der Waals surface area contributed by atoms with Gasteiger partial charge in [0.25, 0.3) is 5.91 Å². The third-order valence-electron chi connectivity index (χ3n) is 5.14. The van der Waals surface area contributed by atoms with Crippen LogP contribution < -0.4 is 10.1 Å². The first-order valence-electron chi connectivity index (χ1n) is 10.1. The Bertz CT molecular complexity index is 1250. The number of amides is 1. The fraction of sp³-hybridized carbons (Fsp3) is 0.120. The van der Waals surface area contributed by atoms with Gasteiger partial charge in [-0.3, -0.25) is 9.89 Å². The van der Waals surface area contributed by atoms with Crippen LogP contribution in [0.2, 0.25) is 0 Å². The predicted molar refractivity (Wildman–Crippen MR) is 119 cm³/mol. The van der Waals surface area contributed by atoms with Gasteiger partial charge in [0.1, 0.15) is 5.75 Å². The molecule has 0 aliphatic carbocycles. The quantitative estimate of drug-likeness (QED) is 0.395. The Hall–Kier alpha value is -4.07. The first-order chi connectivity index (χ1) is 15.8. The lowest BCUT2D eigenvalue weighted by atomic mass is 10.1. The summed E-state index contributed by atoms with van der Waals surface area (Å²) in [5, 5.41) is 10.1. The number of alkyl halides is 3. The molecule has 0 unspecified atom stereocenters. The Kier molecular flexibility index (Phi) is 6.17. The molecule has 0 aliphatic rings. The van der Waals surface area contributed by atoms with Crippen LogP contribution in [0.15, 0.2) is 78.9 Å². The molecule has 0 spiro atoms. The van der Waals surface area contributed by atoms with Gasteiger partial charge in [-0.2, -0.15) is 18.3 Å². The number of ether oxygens (including phenoxy) is 1. The number of nitrogens with one attached hydrogen (secondary N) is 2. The first kappa shape index (κ1) is 22.1. The van der Waals surface area contributed by atoms with Crippen LogP contribution in [-0.4, -0.2) is 23.2 Å². The fourth-order valence-electron chi connectivity index (χ4n) is 3.30. The summed E-state index contributed by atoms with van der Waals surface area (Å²) in [5.74, 6) is 0.423. The molecule has 1 amide bonds. The second kappa shape index (κ2) is 9.20. The van der Waals surface area contributed by atoms with Crippen molar-refractivity contribution in [2.45, 2.75) is 12.7 Å². The fourth-order valence-corrected chi connectivity index (χ4v) is 3.30. The van der Waals surface area contributed by atoms with E-state index in [1.54, 1.807) is 31.4 Å². The number of methoxy groups -OCH3 is 1. The minimum atomic E-state index is -4.38. The van der Waals surface area contributed by atoms with E-state index < -0.39 is 11.7 Å². The highest BCUT2D eigenvalue weighted by molar-refractivity contribution is 5.94. The number of halogens is 3. The molecule has 5 nitrogen and oxygen atoms in total. The molecule has 2 N–H and O–H groups in total. The van der Waals surface area contributed by atoms with E-state index in [2.05, 4.69) is 15.5 Å². The van der Waals surface area contributed by atoms with Crippen molar-refractivity contribution >= 4 is 5.91 Å². The number of hydrogen-bond acceptors (Lipinski definition) is 3. The van der Waals surface area contributed by atoms with Crippen LogP contribution >= 0.6 is 0 Å². The number of carbonyl (C=O) groups excluding carboxylic acids is 1. The van der Waals surface area contributed by atoms with E-state index in [-0.39, 0.29) is 12.5 Å². The Morgan fingerprint density at radius 1 is 0.970 bits per heavy atom. The van der Waals surface area contributed by atoms with Crippen LogP contribution in [0, 0.1) is 0 Å². The third kappa shape index (κ3) is 5.23. The van der Waals surface area contributed by atoms with Crippen LogP contribution in [0.25, 0.3) is 22.5 Å². The molecular weight excluding hydrogens is 431 g/mol. The van der Waals surface area contributed by atoms with Crippen molar-refractivity contribution in [1.82, 2.24) is 15.5 Å². The Balaban J connectivity index is 1.40. The normalized spacial score (nSPS) is 11.3. The molecule has 0 saturated carbocycles. The molecule has 0 fully saturated rings. The van der Waals surface area contributed by atoms with E-state index >= 15 is 0 Å². The lowest BCUT2D eigenvalue weighted by molar-refractivity contribution is -0.137. The van der Waals surface area contributed by atoms with Crippen LogP contribution in [0.1, 0.15) is 21.5 Å². The van der Waals surface area contributed by atoms with E-state index in [9.17, 15) is 18.0 Å². The van der Waals surface area contributed by atoms with Gasteiger partial charge in [0, 0.05) is 17.7 Å². The van der Waals surface area contributed by atoms with E-state index in [4.69, 9.17) is 4.74 Å². The first-order valence-corrected chi connectivity index (χ1v) is 10.1. The molecule has 4 aromatic rings. The lowest BCUT2D eigenvalue weighted by Gasteiger charge is -2.09. The van der Waals surface area contributed by atoms with Gasteiger partial charge < -0.3 is 10.1 Å². The SMILES string of the molecule is COc1cccc(-c2cc(-c3ccc(C(=O)NCc4ccc(C(F)(F)F)cc4)cc3)[nH]n2)c1. The molecule has 4 rings (SSSR count). The smallest absolute Gasteiger partial charge is 0.416 e. The molecule has 0 radical (unpaired) electrons. The highest BCUT2D eigenvalue weighted by Crippen LogP contribution is 2.29. The topological polar surface area (TPSA) is 67.0 Å². The van der Waals surface area contributed by atoms with Gasteiger partial charge in [-0.05, 0) is 53.6 Å². The Morgan fingerprint density at radius 2 is 1.70 bits per heavy atom. The summed E-state index contributed by atoms with van der Waals surface area (Å²) in [6.07, 6.45) is -4.38. The van der Waals surface area contributed by atoms with Gasteiger partial charge in [0.15, 0.2) is 0 Å². The van der Waals surface area contributed by atoms with Crippen molar-refractivity contribution in [3.05, 3.63) is 95.6 Å². The molecule has 33 heavy (non-hydrogen) atoms. The number of rotatable bonds is 6.